The average molecular weight is 1700 g/mol. The van der Waals surface area contributed by atoms with Crippen LogP contribution in [0.2, 0.25) is 0 Å². The third-order valence-corrected chi connectivity index (χ3v) is 21.1. The van der Waals surface area contributed by atoms with Crippen molar-refractivity contribution in [3.63, 3.8) is 0 Å². The summed E-state index contributed by atoms with van der Waals surface area (Å²) in [5.74, 6) is 5.08. The van der Waals surface area contributed by atoms with E-state index >= 15 is 0 Å². The molecule has 2 aromatic rings. The number of nitrogens with zero attached hydrogens (tertiary/aromatic N) is 23. The summed E-state index contributed by atoms with van der Waals surface area (Å²) in [7, 11) is 43.1. The summed E-state index contributed by atoms with van der Waals surface area (Å²) in [6.45, 7) is 39.0. The molecule has 4 saturated heterocycles. The van der Waals surface area contributed by atoms with E-state index in [9.17, 15) is 8.42 Å². The number of aryl methyl sites for hydroxylation is 2. The standard InChI is InChI=1S/C9H19N5.C9H20N2.C8H16N4O.C8H18N4.C8H18N2O2S.C8H18N2O.C8H18N2.C7H16N4.C7H8.C6H14N4.C5H6S/c1-12(2)6-7-14(5)9(11-8-10)13(3)4;1-10(2)8-9-11-6-4-3-5-7-11;1-11(2)8(10-7-9)12(3)5-6-13-4;1-9-4-6-11(2)8-10-5-7-12(8)3;1-9(2)3-4-10-5-7-13(11,12)8-6-10;1-9(2)3-4-10-5-7-11-8-6-10;1-9(2)7-8-10-5-3-4-6-10;1-8-5-6-11(2)7-9-3-4-10-7;1-7-5-3-2-4-6-7;1-7-2-3-8-6-9-4-5-10-6;1-5-3-2-4-6-5/h6-7H2,1-5H3;3-9H2,1-2H3;5-6H2,1-4H3;9H,4-7H2,1-3H3;3-8H2,1-2H3;3-8H2,1-2H3;3-8H2,1-2H3;8H,3-6H2,1-2H3,(H,9,10);2-6H,1H3;7H,2-5H2,1H3,(H2,8,9,10);2-4H,1H3. The summed E-state index contributed by atoms with van der Waals surface area (Å²) in [6, 6.07) is 14.4. The van der Waals surface area contributed by atoms with Crippen molar-refractivity contribution in [3.05, 3.63) is 58.3 Å². The van der Waals surface area contributed by atoms with E-state index < -0.39 is 9.84 Å². The largest absolute Gasteiger partial charge is 0.383 e. The van der Waals surface area contributed by atoms with Crippen molar-refractivity contribution in [2.24, 2.45) is 25.0 Å². The summed E-state index contributed by atoms with van der Waals surface area (Å²) in [4.78, 5) is 56.4. The van der Waals surface area contributed by atoms with Gasteiger partial charge in [0, 0.05) is 232 Å². The number of guanidine groups is 5. The number of benzene rings is 1. The van der Waals surface area contributed by atoms with E-state index in [0.29, 0.717) is 43.1 Å². The molecular weight excluding hydrogens is 1530 g/mol. The molecule has 0 bridgehead atoms. The normalized spacial score (nSPS) is 16.3. The molecule has 0 unspecified atom stereocenters. The number of likely N-dealkylation sites (N-methyl/N-ethyl adjacent to an activating group) is 13. The molecule has 6 N–H and O–H groups in total. The molecule has 0 aliphatic carbocycles. The average Bonchev–Trinajstić information content (AvgIpc) is 1.20. The van der Waals surface area contributed by atoms with Crippen LogP contribution in [0.1, 0.15) is 42.5 Å². The van der Waals surface area contributed by atoms with Gasteiger partial charge in [-0.15, -0.1) is 21.3 Å². The van der Waals surface area contributed by atoms with E-state index in [-0.39, 0.29) is 0 Å². The molecule has 1 aromatic heterocycles. The minimum atomic E-state index is -2.71. The van der Waals surface area contributed by atoms with Crippen molar-refractivity contribution in [1.82, 2.24) is 110 Å². The third kappa shape index (κ3) is 66.4. The maximum atomic E-state index is 11.1. The number of hydrogen-bond acceptors (Lipinski definition) is 30. The number of likely N-dealkylation sites (tertiary alicyclic amines) is 2. The lowest BCUT2D eigenvalue weighted by Crippen LogP contribution is -2.42. The molecule has 1 aromatic carbocycles. The Bertz CT molecular complexity index is 2970. The molecule has 8 heterocycles. The van der Waals surface area contributed by atoms with Gasteiger partial charge in [0.2, 0.25) is 24.3 Å². The van der Waals surface area contributed by atoms with Crippen molar-refractivity contribution in [2.75, 3.05) is 396 Å². The van der Waals surface area contributed by atoms with Crippen LogP contribution in [0, 0.1) is 36.8 Å². The Balaban J connectivity index is 0. The quantitative estimate of drug-likeness (QED) is 0.0323. The van der Waals surface area contributed by atoms with Gasteiger partial charge in [-0.1, -0.05) is 48.4 Å². The van der Waals surface area contributed by atoms with E-state index in [0.717, 1.165) is 162 Å². The van der Waals surface area contributed by atoms with Crippen LogP contribution in [0.25, 0.3) is 0 Å². The number of nitrogens with one attached hydrogen (secondary N) is 6. The number of sulfone groups is 1. The maximum Gasteiger partial charge on any atom is 0.211 e. The Labute approximate surface area is 723 Å². The zero-order valence-corrected chi connectivity index (χ0v) is 80.5. The molecule has 0 radical (unpaired) electrons. The van der Waals surface area contributed by atoms with Crippen LogP contribution in [-0.2, 0) is 19.3 Å². The molecule has 684 valence electrons. The minimum Gasteiger partial charge on any atom is -0.383 e. The van der Waals surface area contributed by atoms with Crippen LogP contribution in [0.15, 0.2) is 72.8 Å². The topological polar surface area (TPSA) is 286 Å². The predicted molar refractivity (Wildman–Crippen MR) is 503 cm³/mol. The molecule has 118 heavy (non-hydrogen) atoms. The highest BCUT2D eigenvalue weighted by molar-refractivity contribution is 7.91. The van der Waals surface area contributed by atoms with Crippen molar-refractivity contribution in [3.8, 4) is 12.4 Å². The molecule has 4 fully saturated rings. The van der Waals surface area contributed by atoms with E-state index in [1.165, 1.54) is 101 Å². The number of rotatable bonds is 27. The van der Waals surface area contributed by atoms with Gasteiger partial charge in [-0.3, -0.25) is 19.9 Å². The van der Waals surface area contributed by atoms with Crippen LogP contribution >= 0.6 is 11.3 Å². The molecule has 9 rings (SSSR count). The van der Waals surface area contributed by atoms with E-state index in [1.54, 1.807) is 29.5 Å². The first kappa shape index (κ1) is 114. The van der Waals surface area contributed by atoms with Gasteiger partial charge >= 0.3 is 0 Å². The summed E-state index contributed by atoms with van der Waals surface area (Å²) in [5.41, 5.74) is 1.32. The van der Waals surface area contributed by atoms with Gasteiger partial charge in [0.05, 0.1) is 51.0 Å². The Morgan fingerprint density at radius 2 is 0.966 bits per heavy atom. The maximum absolute atomic E-state index is 11.1. The third-order valence-electron chi connectivity index (χ3n) is 18.7. The Hall–Kier alpha value is -6.36. The second-order valence-electron chi connectivity index (χ2n) is 31.4. The highest BCUT2D eigenvalue weighted by atomic mass is 32.2. The number of ether oxygens (including phenoxy) is 2. The lowest BCUT2D eigenvalue weighted by molar-refractivity contribution is 0.0354. The lowest BCUT2D eigenvalue weighted by Gasteiger charge is -2.27. The second-order valence-corrected chi connectivity index (χ2v) is 34.9. The second kappa shape index (κ2) is 74.5. The summed E-state index contributed by atoms with van der Waals surface area (Å²) >= 11 is 1.78. The molecule has 35 heteroatoms. The summed E-state index contributed by atoms with van der Waals surface area (Å²) < 4.78 is 32.4. The summed E-state index contributed by atoms with van der Waals surface area (Å²) in [6.07, 6.45) is 10.7. The number of aliphatic imine (C=N–C) groups is 5. The number of methoxy groups -OCH3 is 1. The zero-order chi connectivity index (χ0) is 88.7. The Morgan fingerprint density at radius 1 is 0.517 bits per heavy atom. The fourth-order valence-electron chi connectivity index (χ4n) is 11.3. The van der Waals surface area contributed by atoms with Gasteiger partial charge in [0.1, 0.15) is 0 Å². The first-order chi connectivity index (χ1) is 56.3. The molecule has 0 atom stereocenters. The highest BCUT2D eigenvalue weighted by Gasteiger charge is 2.22. The van der Waals surface area contributed by atoms with Crippen LogP contribution in [-0.4, -0.2) is 513 Å². The fourth-order valence-corrected chi connectivity index (χ4v) is 13.1. The van der Waals surface area contributed by atoms with Crippen molar-refractivity contribution < 1.29 is 17.9 Å². The summed E-state index contributed by atoms with van der Waals surface area (Å²) in [5, 5.41) is 37.8. The van der Waals surface area contributed by atoms with E-state index in [1.807, 2.05) is 131 Å². The smallest absolute Gasteiger partial charge is 0.211 e. The van der Waals surface area contributed by atoms with Gasteiger partial charge in [0.25, 0.3) is 0 Å². The Kier molecular flexibility index (Phi) is 71.7. The fraction of sp³-hybridized carbons (Fsp3) is 0.795. The monoisotopic (exact) mass is 1700 g/mol. The number of morpholine rings is 1. The molecular formula is C83H171N29O4S2. The van der Waals surface area contributed by atoms with Crippen molar-refractivity contribution in [1.29, 1.82) is 10.5 Å². The number of nitriles is 2. The van der Waals surface area contributed by atoms with E-state index in [2.05, 4.69) is 223 Å². The van der Waals surface area contributed by atoms with Crippen LogP contribution in [0.3, 0.4) is 0 Å². The van der Waals surface area contributed by atoms with Gasteiger partial charge in [-0.25, -0.2) is 8.42 Å². The minimum absolute atomic E-state index is 0.334. The van der Waals surface area contributed by atoms with Gasteiger partial charge in [-0.2, -0.15) is 10.5 Å². The molecule has 0 saturated carbocycles. The number of piperidine rings is 1. The molecule has 7 aliphatic heterocycles. The molecule has 0 amide bonds. The number of thiophene rings is 1. The van der Waals surface area contributed by atoms with Gasteiger partial charge < -0.3 is 115 Å². The zero-order valence-electron chi connectivity index (χ0n) is 78.8. The predicted octanol–water partition coefficient (Wildman–Crippen LogP) is 2.02. The van der Waals surface area contributed by atoms with Crippen LogP contribution in [0.5, 0.6) is 0 Å². The van der Waals surface area contributed by atoms with Crippen LogP contribution < -0.4 is 31.9 Å². The van der Waals surface area contributed by atoms with Crippen LogP contribution in [0.4, 0.5) is 0 Å². The molecule has 7 aliphatic rings. The van der Waals surface area contributed by atoms with Crippen molar-refractivity contribution >= 4 is 51.0 Å². The van der Waals surface area contributed by atoms with Gasteiger partial charge in [-0.05, 0) is 169 Å². The first-order valence-corrected chi connectivity index (χ1v) is 45.0. The molecule has 33 nitrogen and oxygen atoms in total. The first-order valence-electron chi connectivity index (χ1n) is 42.3. The SMILES string of the molecule is CN(C)CCN(C)C(=NC#N)N(C)C.CN(C)CCN1CCCC1.CN(C)CCN1CCCCC1.CN(C)CCN1CCOCC1.CN(C)CCN1CCS(=O)(=O)CC1.CNCCN(C)C1=NCCN1.CNCCN(C)C1=NCCN1C.CNCCNC1=NCCN1.COCCN(C)C(=NC#N)N(C)C.Cc1ccccc1.Cc1cccs1. The van der Waals surface area contributed by atoms with E-state index in [4.69, 9.17) is 20.0 Å². The number of hydrogen-bond donors (Lipinski definition) is 6. The van der Waals surface area contributed by atoms with Crippen molar-refractivity contribution in [2.45, 2.75) is 46.0 Å². The lowest BCUT2D eigenvalue weighted by atomic mass is 10.1. The Morgan fingerprint density at radius 3 is 1.33 bits per heavy atom. The van der Waals surface area contributed by atoms with Gasteiger partial charge in [0.15, 0.2) is 27.7 Å². The highest BCUT2D eigenvalue weighted by Crippen LogP contribution is 2.09. The molecule has 0 spiro atoms.